The topological polar surface area (TPSA) is 49.4 Å². The Bertz CT molecular complexity index is 740. The lowest BCUT2D eigenvalue weighted by atomic mass is 10.0. The smallest absolute Gasteiger partial charge is 0.255 e. The molecule has 1 heterocycles. The van der Waals surface area contributed by atoms with Crippen LogP contribution in [0.3, 0.4) is 0 Å². The Morgan fingerprint density at radius 2 is 1.75 bits per heavy atom. The van der Waals surface area contributed by atoms with Gasteiger partial charge in [0.1, 0.15) is 6.04 Å². The van der Waals surface area contributed by atoms with Crippen LogP contribution in [0.5, 0.6) is 0 Å². The summed E-state index contributed by atoms with van der Waals surface area (Å²) in [6, 6.07) is 16.9. The fraction of sp³-hybridized carbons (Fsp3) is 0.300. The van der Waals surface area contributed by atoms with E-state index >= 15 is 0 Å². The molecule has 24 heavy (non-hydrogen) atoms. The minimum absolute atomic E-state index is 0.0408. The summed E-state index contributed by atoms with van der Waals surface area (Å²) in [5.74, 6) is -0.117. The first-order valence-corrected chi connectivity index (χ1v) is 8.28. The summed E-state index contributed by atoms with van der Waals surface area (Å²) in [5, 5.41) is 2.97. The molecular weight excluding hydrogens is 300 g/mol. The second-order valence-electron chi connectivity index (χ2n) is 6.48. The molecule has 0 aromatic heterocycles. The van der Waals surface area contributed by atoms with Crippen LogP contribution in [0.1, 0.15) is 35.3 Å². The van der Waals surface area contributed by atoms with Crippen LogP contribution in [0.25, 0.3) is 0 Å². The van der Waals surface area contributed by atoms with Crippen molar-refractivity contribution in [3.8, 4) is 0 Å². The zero-order valence-corrected chi connectivity index (χ0v) is 14.0. The molecule has 4 heteroatoms. The quantitative estimate of drug-likeness (QED) is 0.920. The van der Waals surface area contributed by atoms with Gasteiger partial charge >= 0.3 is 0 Å². The molecule has 0 saturated heterocycles. The van der Waals surface area contributed by atoms with E-state index in [9.17, 15) is 9.59 Å². The van der Waals surface area contributed by atoms with Crippen LogP contribution < -0.4 is 5.32 Å². The SMILES string of the molecule is CC(C)[C@@H](C(=O)NCc1ccccc1)N1Cc2ccccc2C1=O. The minimum atomic E-state index is -0.464. The highest BCUT2D eigenvalue weighted by Gasteiger charge is 2.37. The Labute approximate surface area is 142 Å². The molecule has 4 nitrogen and oxygen atoms in total. The third-order valence-corrected chi connectivity index (χ3v) is 4.39. The number of hydrogen-bond donors (Lipinski definition) is 1. The molecule has 0 fully saturated rings. The normalized spacial score (nSPS) is 14.6. The van der Waals surface area contributed by atoms with Gasteiger partial charge in [0, 0.05) is 18.7 Å². The predicted octanol–water partition coefficient (Wildman–Crippen LogP) is 2.98. The number of nitrogens with one attached hydrogen (secondary N) is 1. The maximum absolute atomic E-state index is 12.7. The van der Waals surface area contributed by atoms with Crippen molar-refractivity contribution in [1.29, 1.82) is 0 Å². The van der Waals surface area contributed by atoms with Crippen LogP contribution in [-0.2, 0) is 17.9 Å². The number of carbonyl (C=O) groups excluding carboxylic acids is 2. The summed E-state index contributed by atoms with van der Waals surface area (Å²) in [6.45, 7) is 4.92. The largest absolute Gasteiger partial charge is 0.350 e. The molecule has 1 aliphatic heterocycles. The van der Waals surface area contributed by atoms with E-state index in [1.54, 1.807) is 4.90 Å². The van der Waals surface area contributed by atoms with Gasteiger partial charge in [0.25, 0.3) is 5.91 Å². The zero-order chi connectivity index (χ0) is 17.1. The highest BCUT2D eigenvalue weighted by Crippen LogP contribution is 2.27. The summed E-state index contributed by atoms with van der Waals surface area (Å²) in [7, 11) is 0. The highest BCUT2D eigenvalue weighted by atomic mass is 16.2. The van der Waals surface area contributed by atoms with Gasteiger partial charge in [-0.15, -0.1) is 0 Å². The minimum Gasteiger partial charge on any atom is -0.350 e. The Balaban J connectivity index is 1.74. The Morgan fingerprint density at radius 3 is 2.42 bits per heavy atom. The van der Waals surface area contributed by atoms with Crippen molar-refractivity contribution in [2.24, 2.45) is 5.92 Å². The van der Waals surface area contributed by atoms with Crippen LogP contribution in [0.15, 0.2) is 54.6 Å². The van der Waals surface area contributed by atoms with Gasteiger partial charge in [0.15, 0.2) is 0 Å². The van der Waals surface area contributed by atoms with Crippen molar-refractivity contribution in [2.75, 3.05) is 0 Å². The van der Waals surface area contributed by atoms with Gasteiger partial charge in [-0.1, -0.05) is 62.4 Å². The lowest BCUT2D eigenvalue weighted by molar-refractivity contribution is -0.127. The summed E-state index contributed by atoms with van der Waals surface area (Å²) in [4.78, 5) is 27.1. The van der Waals surface area contributed by atoms with Crippen LogP contribution in [0.4, 0.5) is 0 Å². The maximum atomic E-state index is 12.7. The van der Waals surface area contributed by atoms with Crippen molar-refractivity contribution < 1.29 is 9.59 Å². The molecular formula is C20H22N2O2. The lowest BCUT2D eigenvalue weighted by Gasteiger charge is -2.30. The van der Waals surface area contributed by atoms with Crippen molar-refractivity contribution in [2.45, 2.75) is 33.0 Å². The number of rotatable bonds is 5. The standard InChI is InChI=1S/C20H22N2O2/c1-14(2)18(19(23)21-12-15-8-4-3-5-9-15)22-13-16-10-6-7-11-17(16)20(22)24/h3-11,14,18H,12-13H2,1-2H3,(H,21,23)/t18-/m0/s1. The van der Waals surface area contributed by atoms with E-state index in [0.29, 0.717) is 18.7 Å². The van der Waals surface area contributed by atoms with Crippen molar-refractivity contribution >= 4 is 11.8 Å². The molecule has 1 N–H and O–H groups in total. The van der Waals surface area contributed by atoms with E-state index in [-0.39, 0.29) is 17.7 Å². The Hall–Kier alpha value is -2.62. The number of amides is 2. The van der Waals surface area contributed by atoms with Gasteiger partial charge in [-0.3, -0.25) is 9.59 Å². The van der Waals surface area contributed by atoms with Crippen molar-refractivity contribution in [1.82, 2.24) is 10.2 Å². The molecule has 2 aromatic rings. The lowest BCUT2D eigenvalue weighted by Crippen LogP contribution is -2.49. The first-order chi connectivity index (χ1) is 11.6. The average Bonchev–Trinajstić information content (AvgIpc) is 2.91. The molecule has 0 saturated carbocycles. The van der Waals surface area contributed by atoms with Gasteiger partial charge in [-0.05, 0) is 23.1 Å². The maximum Gasteiger partial charge on any atom is 0.255 e. The number of benzene rings is 2. The number of fused-ring (bicyclic) bond motifs is 1. The van der Waals surface area contributed by atoms with Gasteiger partial charge < -0.3 is 10.2 Å². The zero-order valence-electron chi connectivity index (χ0n) is 14.0. The third kappa shape index (κ3) is 3.18. The van der Waals surface area contributed by atoms with Gasteiger partial charge in [-0.2, -0.15) is 0 Å². The summed E-state index contributed by atoms with van der Waals surface area (Å²) in [6.07, 6.45) is 0. The number of nitrogens with zero attached hydrogens (tertiary/aromatic N) is 1. The Morgan fingerprint density at radius 1 is 1.08 bits per heavy atom. The second-order valence-corrected chi connectivity index (χ2v) is 6.48. The molecule has 1 atom stereocenters. The van der Waals surface area contributed by atoms with E-state index in [4.69, 9.17) is 0 Å². The van der Waals surface area contributed by atoms with Crippen LogP contribution in [0, 0.1) is 5.92 Å². The van der Waals surface area contributed by atoms with E-state index < -0.39 is 6.04 Å². The molecule has 2 aromatic carbocycles. The first-order valence-electron chi connectivity index (χ1n) is 8.28. The van der Waals surface area contributed by atoms with E-state index in [1.807, 2.05) is 68.4 Å². The summed E-state index contributed by atoms with van der Waals surface area (Å²) < 4.78 is 0. The fourth-order valence-corrected chi connectivity index (χ4v) is 3.20. The summed E-state index contributed by atoms with van der Waals surface area (Å²) >= 11 is 0. The molecule has 1 aliphatic rings. The molecule has 2 amide bonds. The average molecular weight is 322 g/mol. The second kappa shape index (κ2) is 6.87. The van der Waals surface area contributed by atoms with E-state index in [0.717, 1.165) is 11.1 Å². The van der Waals surface area contributed by atoms with Crippen LogP contribution in [-0.4, -0.2) is 22.8 Å². The molecule has 0 bridgehead atoms. The van der Waals surface area contributed by atoms with Gasteiger partial charge in [-0.25, -0.2) is 0 Å². The van der Waals surface area contributed by atoms with Crippen LogP contribution in [0.2, 0.25) is 0 Å². The van der Waals surface area contributed by atoms with E-state index in [1.165, 1.54) is 0 Å². The molecule has 0 unspecified atom stereocenters. The van der Waals surface area contributed by atoms with Gasteiger partial charge in [0.2, 0.25) is 5.91 Å². The van der Waals surface area contributed by atoms with Gasteiger partial charge in [0.05, 0.1) is 0 Å². The number of carbonyl (C=O) groups is 2. The third-order valence-electron chi connectivity index (χ3n) is 4.39. The molecule has 3 rings (SSSR count). The van der Waals surface area contributed by atoms with Crippen molar-refractivity contribution in [3.05, 3.63) is 71.3 Å². The van der Waals surface area contributed by atoms with E-state index in [2.05, 4.69) is 5.32 Å². The molecule has 0 aliphatic carbocycles. The summed E-state index contributed by atoms with van der Waals surface area (Å²) in [5.41, 5.74) is 2.74. The molecule has 0 spiro atoms. The monoisotopic (exact) mass is 322 g/mol. The molecule has 0 radical (unpaired) electrons. The van der Waals surface area contributed by atoms with Crippen LogP contribution >= 0.6 is 0 Å². The molecule has 124 valence electrons. The first kappa shape index (κ1) is 16.2. The fourth-order valence-electron chi connectivity index (χ4n) is 3.20. The predicted molar refractivity (Wildman–Crippen MR) is 93.2 cm³/mol. The Kier molecular flexibility index (Phi) is 4.65. The number of hydrogen-bond acceptors (Lipinski definition) is 2. The highest BCUT2D eigenvalue weighted by molar-refractivity contribution is 6.01. The van der Waals surface area contributed by atoms with Crippen molar-refractivity contribution in [3.63, 3.8) is 0 Å².